The van der Waals surface area contributed by atoms with Gasteiger partial charge in [0, 0.05) is 51.5 Å². The van der Waals surface area contributed by atoms with E-state index in [-0.39, 0.29) is 35.9 Å². The van der Waals surface area contributed by atoms with Crippen molar-refractivity contribution in [2.75, 3.05) is 38.6 Å². The number of halogens is 2. The first kappa shape index (κ1) is 24.2. The molecule has 0 radical (unpaired) electrons. The Morgan fingerprint density at radius 2 is 2.17 bits per heavy atom. The molecule has 1 fully saturated rings. The van der Waals surface area contributed by atoms with Crippen LogP contribution < -0.4 is 20.9 Å². The maximum atomic E-state index is 11.8. The number of guanidine groups is 1. The minimum atomic E-state index is -0.0731. The zero-order chi connectivity index (χ0) is 20.6. The van der Waals surface area contributed by atoms with Crippen molar-refractivity contribution in [1.82, 2.24) is 20.9 Å². The first-order valence-electron chi connectivity index (χ1n) is 9.74. The molecule has 2 aromatic rings. The van der Waals surface area contributed by atoms with Crippen LogP contribution in [0.2, 0.25) is 5.02 Å². The number of carbonyl (C=O) groups excluding carboxylic acids is 1. The number of anilines is 1. The van der Waals surface area contributed by atoms with Crippen LogP contribution in [0.3, 0.4) is 0 Å². The van der Waals surface area contributed by atoms with Crippen LogP contribution in [0.15, 0.2) is 47.6 Å². The average molecular weight is 543 g/mol. The number of benzene rings is 1. The highest BCUT2D eigenvalue weighted by Gasteiger charge is 2.25. The van der Waals surface area contributed by atoms with E-state index in [4.69, 9.17) is 11.6 Å². The first-order chi connectivity index (χ1) is 14.1. The zero-order valence-electron chi connectivity index (χ0n) is 17.2. The molecular weight excluding hydrogens is 515 g/mol. The van der Waals surface area contributed by atoms with Gasteiger partial charge in [0.25, 0.3) is 5.91 Å². The summed E-state index contributed by atoms with van der Waals surface area (Å²) in [5.41, 5.74) is 1.78. The van der Waals surface area contributed by atoms with Crippen LogP contribution >= 0.6 is 35.6 Å². The molecule has 3 N–H and O–H groups in total. The fraction of sp³-hybridized carbons (Fsp3) is 0.381. The number of nitrogens with one attached hydrogen (secondary N) is 3. The second-order valence-electron chi connectivity index (χ2n) is 6.91. The van der Waals surface area contributed by atoms with Crippen LogP contribution in [0.1, 0.15) is 22.3 Å². The molecule has 1 aromatic heterocycles. The lowest BCUT2D eigenvalue weighted by atomic mass is 10.1. The maximum absolute atomic E-state index is 11.8. The van der Waals surface area contributed by atoms with Crippen molar-refractivity contribution in [2.45, 2.75) is 18.9 Å². The Balaban J connectivity index is 0.00000320. The molecule has 1 aromatic carbocycles. The van der Waals surface area contributed by atoms with E-state index in [1.54, 1.807) is 20.3 Å². The molecule has 1 amide bonds. The molecule has 0 bridgehead atoms. The number of nitrogens with zero attached hydrogens (tertiary/aromatic N) is 3. The van der Waals surface area contributed by atoms with Gasteiger partial charge in [-0.15, -0.1) is 24.0 Å². The summed E-state index contributed by atoms with van der Waals surface area (Å²) in [6.07, 6.45) is 3.55. The van der Waals surface area contributed by atoms with Gasteiger partial charge in [0.2, 0.25) is 0 Å². The third-order valence-electron chi connectivity index (χ3n) is 4.91. The van der Waals surface area contributed by atoms with E-state index in [9.17, 15) is 4.79 Å². The summed E-state index contributed by atoms with van der Waals surface area (Å²) < 4.78 is 0. The van der Waals surface area contributed by atoms with E-state index in [0.29, 0.717) is 10.6 Å². The van der Waals surface area contributed by atoms with Gasteiger partial charge in [0.15, 0.2) is 5.96 Å². The Bertz CT molecular complexity index is 878. The molecule has 1 atom stereocenters. The number of aliphatic imine (C=N–C) groups is 1. The number of carbonyl (C=O) groups is 1. The molecule has 162 valence electrons. The summed E-state index contributed by atoms with van der Waals surface area (Å²) in [6.45, 7) is 2.45. The van der Waals surface area contributed by atoms with Crippen molar-refractivity contribution in [3.63, 3.8) is 0 Å². The lowest BCUT2D eigenvalue weighted by Crippen LogP contribution is -2.45. The molecule has 7 nitrogen and oxygen atoms in total. The molecule has 0 saturated carbocycles. The number of rotatable bonds is 6. The Morgan fingerprint density at radius 3 is 2.90 bits per heavy atom. The summed E-state index contributed by atoms with van der Waals surface area (Å²) in [5.74, 6) is 1.53. The van der Waals surface area contributed by atoms with Gasteiger partial charge in [-0.05, 0) is 42.7 Å². The largest absolute Gasteiger partial charge is 0.356 e. The van der Waals surface area contributed by atoms with Crippen molar-refractivity contribution in [3.05, 3.63) is 58.7 Å². The van der Waals surface area contributed by atoms with Crippen molar-refractivity contribution >= 4 is 53.3 Å². The van der Waals surface area contributed by atoms with E-state index >= 15 is 0 Å². The highest BCUT2D eigenvalue weighted by atomic mass is 127. The summed E-state index contributed by atoms with van der Waals surface area (Å²) in [4.78, 5) is 22.7. The van der Waals surface area contributed by atoms with Crippen molar-refractivity contribution in [3.8, 4) is 0 Å². The molecule has 2 heterocycles. The second-order valence-corrected chi connectivity index (χ2v) is 7.32. The van der Waals surface area contributed by atoms with E-state index in [1.165, 1.54) is 0 Å². The van der Waals surface area contributed by atoms with Gasteiger partial charge in [0.05, 0.1) is 5.02 Å². The van der Waals surface area contributed by atoms with Crippen LogP contribution in [0.25, 0.3) is 0 Å². The quantitative estimate of drug-likeness (QED) is 0.297. The molecule has 1 aliphatic heterocycles. The topological polar surface area (TPSA) is 81.6 Å². The van der Waals surface area contributed by atoms with Crippen molar-refractivity contribution in [1.29, 1.82) is 0 Å². The minimum Gasteiger partial charge on any atom is -0.356 e. The molecule has 30 heavy (non-hydrogen) atoms. The second kappa shape index (κ2) is 11.9. The molecule has 1 aliphatic rings. The molecule has 0 spiro atoms. The van der Waals surface area contributed by atoms with E-state index in [1.807, 2.05) is 36.4 Å². The third kappa shape index (κ3) is 6.46. The highest BCUT2D eigenvalue weighted by Crippen LogP contribution is 2.25. The van der Waals surface area contributed by atoms with Crippen LogP contribution in [0.5, 0.6) is 0 Å². The summed E-state index contributed by atoms with van der Waals surface area (Å²) in [5, 5.41) is 10.1. The van der Waals surface area contributed by atoms with Gasteiger partial charge in [-0.3, -0.25) is 9.79 Å². The van der Waals surface area contributed by atoms with E-state index in [0.717, 1.165) is 49.8 Å². The zero-order valence-corrected chi connectivity index (χ0v) is 20.3. The Hall–Kier alpha value is -2.07. The van der Waals surface area contributed by atoms with Gasteiger partial charge in [-0.1, -0.05) is 23.7 Å². The summed E-state index contributed by atoms with van der Waals surface area (Å²) in [6, 6.07) is 11.6. The van der Waals surface area contributed by atoms with Crippen LogP contribution in [-0.2, 0) is 6.42 Å². The number of pyridine rings is 1. The van der Waals surface area contributed by atoms with E-state index in [2.05, 4.69) is 30.8 Å². The van der Waals surface area contributed by atoms with Gasteiger partial charge in [-0.2, -0.15) is 0 Å². The Kier molecular flexibility index (Phi) is 9.64. The fourth-order valence-corrected chi connectivity index (χ4v) is 3.65. The third-order valence-corrected chi connectivity index (χ3v) is 5.21. The number of amides is 1. The van der Waals surface area contributed by atoms with Gasteiger partial charge in [0.1, 0.15) is 5.82 Å². The van der Waals surface area contributed by atoms with Gasteiger partial charge in [-0.25, -0.2) is 4.98 Å². The van der Waals surface area contributed by atoms with Gasteiger partial charge >= 0.3 is 0 Å². The molecule has 1 saturated heterocycles. The normalized spacial score (nSPS) is 16.0. The Morgan fingerprint density at radius 1 is 1.33 bits per heavy atom. The number of hydrogen-bond donors (Lipinski definition) is 3. The molecule has 1 unspecified atom stereocenters. The summed E-state index contributed by atoms with van der Waals surface area (Å²) >= 11 is 6.27. The van der Waals surface area contributed by atoms with Crippen LogP contribution in [-0.4, -0.2) is 56.6 Å². The predicted octanol–water partition coefficient (Wildman–Crippen LogP) is 2.70. The predicted molar refractivity (Wildman–Crippen MR) is 133 cm³/mol. The van der Waals surface area contributed by atoms with Crippen LogP contribution in [0, 0.1) is 0 Å². The van der Waals surface area contributed by atoms with Crippen molar-refractivity contribution < 1.29 is 4.79 Å². The fourth-order valence-electron chi connectivity index (χ4n) is 3.41. The monoisotopic (exact) mass is 542 g/mol. The number of hydrogen-bond acceptors (Lipinski definition) is 4. The first-order valence-corrected chi connectivity index (χ1v) is 10.1. The average Bonchev–Trinajstić information content (AvgIpc) is 3.21. The Labute approximate surface area is 199 Å². The molecular formula is C21H28ClIN6O. The smallest absolute Gasteiger partial charge is 0.251 e. The number of aromatic nitrogens is 1. The summed E-state index contributed by atoms with van der Waals surface area (Å²) in [7, 11) is 3.40. The lowest BCUT2D eigenvalue weighted by molar-refractivity contribution is 0.0963. The molecule has 0 aliphatic carbocycles. The van der Waals surface area contributed by atoms with Gasteiger partial charge < -0.3 is 20.9 Å². The molecule has 3 rings (SSSR count). The minimum absolute atomic E-state index is 0. The van der Waals surface area contributed by atoms with Crippen LogP contribution in [0.4, 0.5) is 5.82 Å². The lowest BCUT2D eigenvalue weighted by Gasteiger charge is -2.20. The van der Waals surface area contributed by atoms with Crippen molar-refractivity contribution in [2.24, 2.45) is 4.99 Å². The maximum Gasteiger partial charge on any atom is 0.251 e. The van der Waals surface area contributed by atoms with E-state index < -0.39 is 0 Å². The standard InChI is InChI=1S/C21H27ClN6O.HI/c1-23-20(29)16-6-3-5-15(13-16)8-11-26-21(24-2)27-17-9-12-28(14-17)19-18(22)7-4-10-25-19;/h3-7,10,13,17H,8-9,11-12,14H2,1-2H3,(H,23,29)(H2,24,26,27);1H. The molecule has 9 heteroatoms. The SMILES string of the molecule is CN=C(NCCc1cccc(C(=O)NC)c1)NC1CCN(c2ncccc2Cl)C1.I. The highest BCUT2D eigenvalue weighted by molar-refractivity contribution is 14.0.